The molecular weight excluding hydrogens is 306 g/mol. The third kappa shape index (κ3) is 3.87. The minimum atomic E-state index is -0.363. The summed E-state index contributed by atoms with van der Waals surface area (Å²) in [5.41, 5.74) is 0.777. The topological polar surface area (TPSA) is 67.6 Å². The van der Waals surface area contributed by atoms with Crippen molar-refractivity contribution < 1.29 is 9.84 Å². The molecule has 2 unspecified atom stereocenters. The second kappa shape index (κ2) is 6.94. The minimum Gasteiger partial charge on any atom is -0.389 e. The number of hydrogen-bond donors (Lipinski definition) is 1. The van der Waals surface area contributed by atoms with Gasteiger partial charge in [-0.3, -0.25) is 14.3 Å². The number of hydrogen-bond acceptors (Lipinski definition) is 5. The van der Waals surface area contributed by atoms with Crippen LogP contribution in [0.3, 0.4) is 0 Å². The summed E-state index contributed by atoms with van der Waals surface area (Å²) in [7, 11) is 0. The molecule has 0 amide bonds. The second-order valence-corrected chi connectivity index (χ2v) is 8.17. The highest BCUT2D eigenvalue weighted by Gasteiger charge is 2.33. The Bertz CT molecular complexity index is 615. The van der Waals surface area contributed by atoms with Gasteiger partial charge in [-0.2, -0.15) is 0 Å². The van der Waals surface area contributed by atoms with E-state index in [1.807, 2.05) is 0 Å². The van der Waals surface area contributed by atoms with Crippen molar-refractivity contribution >= 4 is 0 Å². The van der Waals surface area contributed by atoms with Crippen molar-refractivity contribution in [2.24, 2.45) is 5.92 Å². The number of nitrogens with zero attached hydrogens (tertiary/aromatic N) is 3. The van der Waals surface area contributed by atoms with Crippen LogP contribution in [0.4, 0.5) is 0 Å². The standard InChI is InChI=1S/C18H29N3O3/c1-18(2,3)16-8-17(23)21(12-19-16)9-13-4-6-20(7-5-13)14-10-24-11-15(14)22/h8,12-15,22H,4-7,9-11H2,1-3H3. The van der Waals surface area contributed by atoms with Gasteiger partial charge in [-0.15, -0.1) is 0 Å². The van der Waals surface area contributed by atoms with E-state index in [1.54, 1.807) is 17.0 Å². The van der Waals surface area contributed by atoms with Gasteiger partial charge in [0.1, 0.15) is 0 Å². The van der Waals surface area contributed by atoms with Crippen molar-refractivity contribution in [2.75, 3.05) is 26.3 Å². The zero-order chi connectivity index (χ0) is 17.3. The van der Waals surface area contributed by atoms with Crippen molar-refractivity contribution in [3.05, 3.63) is 28.4 Å². The first-order valence-electron chi connectivity index (χ1n) is 8.91. The van der Waals surface area contributed by atoms with E-state index in [9.17, 15) is 9.90 Å². The summed E-state index contributed by atoms with van der Waals surface area (Å²) in [6.45, 7) is 9.92. The van der Waals surface area contributed by atoms with Crippen LogP contribution in [0, 0.1) is 5.92 Å². The molecule has 6 heteroatoms. The molecule has 2 fully saturated rings. The quantitative estimate of drug-likeness (QED) is 0.893. The smallest absolute Gasteiger partial charge is 0.253 e. The molecule has 0 radical (unpaired) electrons. The molecule has 0 saturated carbocycles. The van der Waals surface area contributed by atoms with E-state index in [1.165, 1.54) is 0 Å². The fourth-order valence-corrected chi connectivity index (χ4v) is 3.60. The van der Waals surface area contributed by atoms with Gasteiger partial charge in [0.2, 0.25) is 0 Å². The summed E-state index contributed by atoms with van der Waals surface area (Å²) in [6, 6.07) is 1.81. The van der Waals surface area contributed by atoms with Gasteiger partial charge in [-0.1, -0.05) is 20.8 Å². The van der Waals surface area contributed by atoms with E-state index in [0.29, 0.717) is 19.1 Å². The largest absolute Gasteiger partial charge is 0.389 e. The third-order valence-electron chi connectivity index (χ3n) is 5.24. The SMILES string of the molecule is CC(C)(C)c1cc(=O)n(CC2CCN(C3COCC3O)CC2)cn1. The Morgan fingerprint density at radius 2 is 2.00 bits per heavy atom. The van der Waals surface area contributed by atoms with Gasteiger partial charge < -0.3 is 9.84 Å². The van der Waals surface area contributed by atoms with Crippen LogP contribution in [0.25, 0.3) is 0 Å². The van der Waals surface area contributed by atoms with E-state index in [4.69, 9.17) is 4.74 Å². The van der Waals surface area contributed by atoms with E-state index in [2.05, 4.69) is 30.7 Å². The Kier molecular flexibility index (Phi) is 5.08. The molecule has 0 aromatic carbocycles. The van der Waals surface area contributed by atoms with Crippen LogP contribution in [0.1, 0.15) is 39.3 Å². The molecule has 0 spiro atoms. The van der Waals surface area contributed by atoms with E-state index in [-0.39, 0.29) is 23.1 Å². The average Bonchev–Trinajstić information content (AvgIpc) is 2.95. The number of likely N-dealkylation sites (tertiary alicyclic amines) is 1. The van der Waals surface area contributed by atoms with E-state index in [0.717, 1.165) is 38.2 Å². The highest BCUT2D eigenvalue weighted by molar-refractivity contribution is 5.10. The summed E-state index contributed by atoms with van der Waals surface area (Å²) in [4.78, 5) is 19.1. The number of aromatic nitrogens is 2. The molecule has 1 aromatic rings. The summed E-state index contributed by atoms with van der Waals surface area (Å²) in [6.07, 6.45) is 3.41. The van der Waals surface area contributed by atoms with Crippen molar-refractivity contribution in [2.45, 2.75) is 57.7 Å². The molecule has 2 aliphatic heterocycles. The Labute approximate surface area is 143 Å². The van der Waals surface area contributed by atoms with Gasteiger partial charge in [-0.05, 0) is 31.8 Å². The number of ether oxygens (including phenoxy) is 1. The van der Waals surface area contributed by atoms with E-state index < -0.39 is 0 Å². The highest BCUT2D eigenvalue weighted by Crippen LogP contribution is 2.24. The molecule has 2 saturated heterocycles. The minimum absolute atomic E-state index is 0.0389. The average molecular weight is 335 g/mol. The molecule has 2 aliphatic rings. The molecular formula is C18H29N3O3. The number of piperidine rings is 1. The van der Waals surface area contributed by atoms with Crippen molar-refractivity contribution in [1.82, 2.24) is 14.5 Å². The Morgan fingerprint density at radius 1 is 1.29 bits per heavy atom. The molecule has 6 nitrogen and oxygen atoms in total. The zero-order valence-corrected chi connectivity index (χ0v) is 14.9. The molecule has 2 atom stereocenters. The molecule has 3 heterocycles. The first-order valence-corrected chi connectivity index (χ1v) is 8.91. The Hall–Kier alpha value is -1.24. The lowest BCUT2D eigenvalue weighted by molar-refractivity contribution is 0.0562. The fourth-order valence-electron chi connectivity index (χ4n) is 3.60. The number of aliphatic hydroxyl groups is 1. The van der Waals surface area contributed by atoms with E-state index >= 15 is 0 Å². The monoisotopic (exact) mass is 335 g/mol. The normalized spacial score (nSPS) is 26.8. The summed E-state index contributed by atoms with van der Waals surface area (Å²) >= 11 is 0. The third-order valence-corrected chi connectivity index (χ3v) is 5.24. The zero-order valence-electron chi connectivity index (χ0n) is 14.9. The molecule has 1 N–H and O–H groups in total. The van der Waals surface area contributed by atoms with Crippen LogP contribution in [0.15, 0.2) is 17.2 Å². The van der Waals surface area contributed by atoms with Crippen LogP contribution < -0.4 is 5.56 Å². The van der Waals surface area contributed by atoms with Crippen LogP contribution in [-0.4, -0.2) is 58.0 Å². The van der Waals surface area contributed by atoms with Crippen LogP contribution >= 0.6 is 0 Å². The Morgan fingerprint density at radius 3 is 2.54 bits per heavy atom. The predicted molar refractivity (Wildman–Crippen MR) is 92.1 cm³/mol. The lowest BCUT2D eigenvalue weighted by Crippen LogP contribution is -2.47. The predicted octanol–water partition coefficient (Wildman–Crippen LogP) is 1.01. The maximum absolute atomic E-state index is 12.3. The fraction of sp³-hybridized carbons (Fsp3) is 0.778. The maximum atomic E-state index is 12.3. The number of rotatable bonds is 3. The molecule has 0 aliphatic carbocycles. The Balaban J connectivity index is 1.57. The first kappa shape index (κ1) is 17.6. The summed E-state index contributed by atoms with van der Waals surface area (Å²) < 4.78 is 7.09. The van der Waals surface area contributed by atoms with Crippen molar-refractivity contribution in [1.29, 1.82) is 0 Å². The lowest BCUT2D eigenvalue weighted by Gasteiger charge is -2.36. The van der Waals surface area contributed by atoms with Gasteiger partial charge in [-0.25, -0.2) is 4.98 Å². The van der Waals surface area contributed by atoms with Crippen LogP contribution in [0.2, 0.25) is 0 Å². The number of aliphatic hydroxyl groups excluding tert-OH is 1. The maximum Gasteiger partial charge on any atom is 0.253 e. The second-order valence-electron chi connectivity index (χ2n) is 8.17. The summed E-state index contributed by atoms with van der Waals surface area (Å²) in [5, 5.41) is 9.95. The molecule has 0 bridgehead atoms. The first-order chi connectivity index (χ1) is 11.3. The van der Waals surface area contributed by atoms with Gasteiger partial charge in [0.15, 0.2) is 0 Å². The lowest BCUT2D eigenvalue weighted by atomic mass is 9.92. The molecule has 134 valence electrons. The molecule has 1 aromatic heterocycles. The molecule has 24 heavy (non-hydrogen) atoms. The summed E-state index contributed by atoms with van der Waals surface area (Å²) in [5.74, 6) is 0.487. The van der Waals surface area contributed by atoms with Gasteiger partial charge >= 0.3 is 0 Å². The molecule has 3 rings (SSSR count). The van der Waals surface area contributed by atoms with Gasteiger partial charge in [0, 0.05) is 18.0 Å². The highest BCUT2D eigenvalue weighted by atomic mass is 16.5. The van der Waals surface area contributed by atoms with Crippen molar-refractivity contribution in [3.8, 4) is 0 Å². The van der Waals surface area contributed by atoms with Crippen LogP contribution in [0.5, 0.6) is 0 Å². The van der Waals surface area contributed by atoms with Crippen LogP contribution in [-0.2, 0) is 16.7 Å². The van der Waals surface area contributed by atoms with Gasteiger partial charge in [0.25, 0.3) is 5.56 Å². The van der Waals surface area contributed by atoms with Gasteiger partial charge in [0.05, 0.1) is 37.4 Å². The van der Waals surface area contributed by atoms with Crippen molar-refractivity contribution in [3.63, 3.8) is 0 Å².